The van der Waals surface area contributed by atoms with Gasteiger partial charge in [-0.05, 0) is 43.9 Å². The average molecular weight is 352 g/mol. The predicted molar refractivity (Wildman–Crippen MR) is 84.8 cm³/mol. The molecule has 2 rings (SSSR count). The van der Waals surface area contributed by atoms with Crippen LogP contribution in [0.4, 0.5) is 17.6 Å². The third kappa shape index (κ3) is 4.31. The minimum Gasteiger partial charge on any atom is -0.396 e. The molecule has 0 aromatic rings. The smallest absolute Gasteiger partial charge is 0.157 e. The lowest BCUT2D eigenvalue weighted by molar-refractivity contribution is -0.102. The fourth-order valence-electron chi connectivity index (χ4n) is 4.02. The van der Waals surface area contributed by atoms with Crippen molar-refractivity contribution in [2.45, 2.75) is 69.8 Å². The van der Waals surface area contributed by atoms with Crippen LogP contribution in [0.5, 0.6) is 0 Å². The van der Waals surface area contributed by atoms with Crippen molar-refractivity contribution in [2.24, 2.45) is 17.8 Å². The molecule has 2 nitrogen and oxygen atoms in total. The molecule has 2 saturated carbocycles. The van der Waals surface area contributed by atoms with Crippen LogP contribution in [0.2, 0.25) is 0 Å². The van der Waals surface area contributed by atoms with E-state index in [1.165, 1.54) is 0 Å². The Kier molecular flexibility index (Phi) is 7.54. The van der Waals surface area contributed by atoms with Crippen LogP contribution in [0.25, 0.3) is 0 Å². The van der Waals surface area contributed by atoms with E-state index in [0.29, 0.717) is 19.3 Å². The lowest BCUT2D eigenvalue weighted by Gasteiger charge is -2.43. The fraction of sp³-hybridized carbons (Fsp3) is 0.889. The summed E-state index contributed by atoms with van der Waals surface area (Å²) in [5.74, 6) is -2.38. The molecule has 2 fully saturated rings. The zero-order valence-electron chi connectivity index (χ0n) is 14.1. The van der Waals surface area contributed by atoms with E-state index in [0.717, 1.165) is 6.42 Å². The summed E-state index contributed by atoms with van der Waals surface area (Å²) >= 11 is 0. The number of aliphatic hydroxyl groups excluding tert-OH is 1. The number of alkyl halides is 4. The fourth-order valence-corrected chi connectivity index (χ4v) is 4.02. The monoisotopic (exact) mass is 352 g/mol. The largest absolute Gasteiger partial charge is 0.396 e. The first-order valence-electron chi connectivity index (χ1n) is 8.94. The molecule has 0 bridgehead atoms. The number of allylic oxidation sites excluding steroid dienone is 1. The molecule has 8 atom stereocenters. The Morgan fingerprint density at radius 2 is 1.50 bits per heavy atom. The van der Waals surface area contributed by atoms with Gasteiger partial charge in [0.25, 0.3) is 0 Å². The second-order valence-corrected chi connectivity index (χ2v) is 6.95. The topological polar surface area (TPSA) is 29.5 Å². The highest BCUT2D eigenvalue weighted by Gasteiger charge is 2.50. The van der Waals surface area contributed by atoms with Crippen LogP contribution in [-0.2, 0) is 4.74 Å². The van der Waals surface area contributed by atoms with E-state index in [2.05, 4.69) is 0 Å². The van der Waals surface area contributed by atoms with E-state index in [9.17, 15) is 17.6 Å². The summed E-state index contributed by atoms with van der Waals surface area (Å²) in [5.41, 5.74) is 0. The highest BCUT2D eigenvalue weighted by molar-refractivity contribution is 4.98. The van der Waals surface area contributed by atoms with Crippen LogP contribution in [0.15, 0.2) is 12.2 Å². The van der Waals surface area contributed by atoms with E-state index < -0.39 is 55.2 Å². The van der Waals surface area contributed by atoms with Crippen LogP contribution in [0.3, 0.4) is 0 Å². The van der Waals surface area contributed by atoms with E-state index in [1.807, 2.05) is 13.0 Å². The van der Waals surface area contributed by atoms with Gasteiger partial charge in [0, 0.05) is 12.5 Å². The second-order valence-electron chi connectivity index (χ2n) is 6.95. The number of rotatable bonds is 6. The van der Waals surface area contributed by atoms with Gasteiger partial charge in [0.1, 0.15) is 18.5 Å². The molecule has 1 N–H and O–H groups in total. The maximum absolute atomic E-state index is 14.5. The van der Waals surface area contributed by atoms with Crippen molar-refractivity contribution >= 4 is 0 Å². The van der Waals surface area contributed by atoms with Crippen LogP contribution >= 0.6 is 0 Å². The molecule has 0 heterocycles. The van der Waals surface area contributed by atoms with E-state index >= 15 is 0 Å². The zero-order valence-corrected chi connectivity index (χ0v) is 14.1. The van der Waals surface area contributed by atoms with E-state index in [1.54, 1.807) is 6.08 Å². The minimum absolute atomic E-state index is 0.232. The average Bonchev–Trinajstić information content (AvgIpc) is 2.58. The molecule has 0 spiro atoms. The number of halogens is 4. The van der Waals surface area contributed by atoms with Crippen molar-refractivity contribution < 1.29 is 27.4 Å². The van der Waals surface area contributed by atoms with E-state index in [-0.39, 0.29) is 13.0 Å². The lowest BCUT2D eigenvalue weighted by Crippen LogP contribution is -2.50. The van der Waals surface area contributed by atoms with Crippen molar-refractivity contribution in [3.8, 4) is 0 Å². The van der Waals surface area contributed by atoms with Gasteiger partial charge in [0.15, 0.2) is 6.17 Å². The van der Waals surface area contributed by atoms with Gasteiger partial charge in [-0.3, -0.25) is 0 Å². The molecular weight excluding hydrogens is 324 g/mol. The van der Waals surface area contributed by atoms with Gasteiger partial charge < -0.3 is 9.84 Å². The summed E-state index contributed by atoms with van der Waals surface area (Å²) in [6, 6.07) is 0. The zero-order chi connectivity index (χ0) is 17.7. The molecule has 2 aliphatic rings. The molecule has 0 aromatic carbocycles. The standard InChI is InChI=1S/C18H28F4O2/c1-2-3-4-9-24-14-8-7-13(17(21)18(14)22)12-6-5-11(10-23)15(19)16(12)20/h3-4,11-18,23H,2,5-10H2,1H3/b4-3-. The van der Waals surface area contributed by atoms with Crippen molar-refractivity contribution in [2.75, 3.05) is 13.2 Å². The van der Waals surface area contributed by atoms with Crippen molar-refractivity contribution in [3.63, 3.8) is 0 Å². The molecule has 0 saturated heterocycles. The summed E-state index contributed by atoms with van der Waals surface area (Å²) in [7, 11) is 0. The molecule has 0 aromatic heterocycles. The highest BCUT2D eigenvalue weighted by atomic mass is 19.2. The van der Waals surface area contributed by atoms with Gasteiger partial charge in [0.2, 0.25) is 0 Å². The third-order valence-corrected chi connectivity index (χ3v) is 5.48. The molecule has 140 valence electrons. The first-order valence-corrected chi connectivity index (χ1v) is 8.94. The Labute approximate surface area is 141 Å². The summed E-state index contributed by atoms with van der Waals surface area (Å²) in [6.07, 6.45) is -2.39. The Morgan fingerprint density at radius 3 is 2.12 bits per heavy atom. The van der Waals surface area contributed by atoms with Crippen molar-refractivity contribution in [3.05, 3.63) is 12.2 Å². The Balaban J connectivity index is 1.93. The second kappa shape index (κ2) is 9.18. The quantitative estimate of drug-likeness (QED) is 0.576. The highest BCUT2D eigenvalue weighted by Crippen LogP contribution is 2.44. The summed E-state index contributed by atoms with van der Waals surface area (Å²) in [4.78, 5) is 0. The number of aliphatic hydroxyl groups is 1. The van der Waals surface area contributed by atoms with Crippen molar-refractivity contribution in [1.82, 2.24) is 0 Å². The summed E-state index contributed by atoms with van der Waals surface area (Å²) in [6.45, 7) is 1.79. The van der Waals surface area contributed by atoms with Gasteiger partial charge >= 0.3 is 0 Å². The van der Waals surface area contributed by atoms with Gasteiger partial charge in [0.05, 0.1) is 12.7 Å². The molecule has 0 amide bonds. The van der Waals surface area contributed by atoms with Crippen molar-refractivity contribution in [1.29, 1.82) is 0 Å². The molecule has 24 heavy (non-hydrogen) atoms. The van der Waals surface area contributed by atoms with E-state index in [4.69, 9.17) is 9.84 Å². The molecule has 2 aliphatic carbocycles. The normalized spacial score (nSPS) is 44.1. The van der Waals surface area contributed by atoms with Gasteiger partial charge in [-0.2, -0.15) is 0 Å². The van der Waals surface area contributed by atoms with Crippen LogP contribution < -0.4 is 0 Å². The van der Waals surface area contributed by atoms with Crippen LogP contribution in [0.1, 0.15) is 39.0 Å². The number of hydrogen-bond donors (Lipinski definition) is 1. The number of hydrogen-bond acceptors (Lipinski definition) is 2. The third-order valence-electron chi connectivity index (χ3n) is 5.48. The van der Waals surface area contributed by atoms with Gasteiger partial charge in [-0.25, -0.2) is 17.6 Å². The summed E-state index contributed by atoms with van der Waals surface area (Å²) < 4.78 is 62.6. The predicted octanol–water partition coefficient (Wildman–Crippen LogP) is 4.12. The Morgan fingerprint density at radius 1 is 0.875 bits per heavy atom. The molecule has 0 aliphatic heterocycles. The molecule has 8 unspecified atom stereocenters. The first kappa shape index (κ1) is 19.7. The van der Waals surface area contributed by atoms with Crippen LogP contribution in [-0.4, -0.2) is 49.1 Å². The molecule has 0 radical (unpaired) electrons. The molecule has 6 heteroatoms. The lowest BCUT2D eigenvalue weighted by atomic mass is 9.68. The number of ether oxygens (including phenoxy) is 1. The Bertz CT molecular complexity index is 406. The van der Waals surface area contributed by atoms with Gasteiger partial charge in [-0.15, -0.1) is 0 Å². The molecular formula is C18H28F4O2. The maximum Gasteiger partial charge on any atom is 0.157 e. The Hall–Kier alpha value is -0.620. The van der Waals surface area contributed by atoms with Crippen LogP contribution in [0, 0.1) is 17.8 Å². The van der Waals surface area contributed by atoms with Gasteiger partial charge in [-0.1, -0.05) is 19.1 Å². The summed E-state index contributed by atoms with van der Waals surface area (Å²) in [5, 5.41) is 9.06. The first-order chi connectivity index (χ1) is 11.5. The SMILES string of the molecule is CC/C=C\COC1CCC(C2CCC(CO)C(F)C2F)C(F)C1F. The maximum atomic E-state index is 14.5. The minimum atomic E-state index is -1.84.